The molecular weight excluding hydrogens is 354 g/mol. The molecule has 1 heterocycles. The molecule has 140 valence electrons. The lowest BCUT2D eigenvalue weighted by Crippen LogP contribution is -2.35. The summed E-state index contributed by atoms with van der Waals surface area (Å²) < 4.78 is 5.89. The molecule has 3 rings (SSSR count). The Balaban J connectivity index is 1.62. The number of aliphatic hydroxyl groups excluding tert-OH is 1. The van der Waals surface area contributed by atoms with Crippen molar-refractivity contribution in [3.63, 3.8) is 0 Å². The van der Waals surface area contributed by atoms with Crippen LogP contribution >= 0.6 is 11.6 Å². The first-order chi connectivity index (χ1) is 12.5. The summed E-state index contributed by atoms with van der Waals surface area (Å²) in [5, 5.41) is 21.3. The molecule has 0 unspecified atom stereocenters. The second kappa shape index (κ2) is 8.18. The van der Waals surface area contributed by atoms with Crippen molar-refractivity contribution in [3.8, 4) is 0 Å². The van der Waals surface area contributed by atoms with Crippen LogP contribution in [0.15, 0.2) is 28.7 Å². The number of halogens is 1. The van der Waals surface area contributed by atoms with Gasteiger partial charge in [0.1, 0.15) is 0 Å². The molecule has 1 atom stereocenters. The zero-order valence-electron chi connectivity index (χ0n) is 14.9. The Morgan fingerprint density at radius 1 is 1.35 bits per heavy atom. The molecule has 0 spiro atoms. The van der Waals surface area contributed by atoms with Gasteiger partial charge in [0.25, 0.3) is 0 Å². The van der Waals surface area contributed by atoms with Crippen LogP contribution in [0.5, 0.6) is 0 Å². The first kappa shape index (κ1) is 18.9. The molecule has 0 bridgehead atoms. The minimum absolute atomic E-state index is 0.131. The molecule has 0 saturated heterocycles. The van der Waals surface area contributed by atoms with Gasteiger partial charge in [-0.3, -0.25) is 4.79 Å². The number of aryl methyl sites for hydroxylation is 1. The molecule has 7 heteroatoms. The third-order valence-electron chi connectivity index (χ3n) is 5.05. The van der Waals surface area contributed by atoms with Crippen LogP contribution in [0.25, 0.3) is 0 Å². The number of benzene rings is 1. The zero-order chi connectivity index (χ0) is 18.6. The number of aliphatic hydroxyl groups is 1. The smallest absolute Gasteiger partial charge is 0.227 e. The van der Waals surface area contributed by atoms with Crippen LogP contribution in [0.1, 0.15) is 56.4 Å². The number of carbonyl (C=O) groups is 1. The minimum Gasteiger partial charge on any atom is -0.424 e. The van der Waals surface area contributed by atoms with E-state index in [1.807, 2.05) is 31.2 Å². The van der Waals surface area contributed by atoms with Gasteiger partial charge in [-0.05, 0) is 37.0 Å². The van der Waals surface area contributed by atoms with Gasteiger partial charge in [-0.1, -0.05) is 37.1 Å². The lowest BCUT2D eigenvalue weighted by Gasteiger charge is -2.39. The summed E-state index contributed by atoms with van der Waals surface area (Å²) >= 11 is 5.99. The largest absolute Gasteiger partial charge is 0.424 e. The molecule has 1 aliphatic rings. The maximum Gasteiger partial charge on any atom is 0.227 e. The number of hydrogen-bond donors (Lipinski definition) is 2. The fraction of sp³-hybridized carbons (Fsp3) is 0.526. The Bertz CT molecular complexity index is 741. The monoisotopic (exact) mass is 377 g/mol. The Hall–Kier alpha value is -1.92. The number of rotatable bonds is 8. The minimum atomic E-state index is -0.508. The third kappa shape index (κ3) is 4.07. The second-order valence-electron chi connectivity index (χ2n) is 6.81. The number of nitrogens with one attached hydrogen (secondary N) is 1. The molecule has 0 aliphatic heterocycles. The average Bonchev–Trinajstić information content (AvgIpc) is 3.07. The van der Waals surface area contributed by atoms with Gasteiger partial charge in [0, 0.05) is 24.4 Å². The van der Waals surface area contributed by atoms with E-state index in [4.69, 9.17) is 16.0 Å². The standard InChI is InChI=1S/C19H24ClN3O3/c1-2-15(24)12-21-16(25)8-9-17-22-23-18(26-17)19(10-3-11-19)13-4-6-14(20)7-5-13/h4-7,15,24H,2-3,8-12H2,1H3,(H,21,25)/t15-/m1/s1. The molecule has 26 heavy (non-hydrogen) atoms. The van der Waals surface area contributed by atoms with E-state index in [0.717, 1.165) is 24.8 Å². The lowest BCUT2D eigenvalue weighted by atomic mass is 9.64. The molecule has 1 amide bonds. The quantitative estimate of drug-likeness (QED) is 0.738. The van der Waals surface area contributed by atoms with Gasteiger partial charge < -0.3 is 14.8 Å². The highest BCUT2D eigenvalue weighted by atomic mass is 35.5. The molecular formula is C19H24ClN3O3. The summed E-state index contributed by atoms with van der Waals surface area (Å²) in [4.78, 5) is 11.8. The van der Waals surface area contributed by atoms with Crippen LogP contribution in [0.4, 0.5) is 0 Å². The van der Waals surface area contributed by atoms with Crippen molar-refractivity contribution in [2.45, 2.75) is 57.0 Å². The van der Waals surface area contributed by atoms with Gasteiger partial charge in [0.05, 0.1) is 11.5 Å². The maximum atomic E-state index is 11.8. The first-order valence-corrected chi connectivity index (χ1v) is 9.45. The van der Waals surface area contributed by atoms with Gasteiger partial charge in [0.2, 0.25) is 17.7 Å². The Morgan fingerprint density at radius 3 is 2.69 bits per heavy atom. The van der Waals surface area contributed by atoms with Crippen LogP contribution in [0.3, 0.4) is 0 Å². The second-order valence-corrected chi connectivity index (χ2v) is 7.25. The van der Waals surface area contributed by atoms with Crippen LogP contribution in [-0.2, 0) is 16.6 Å². The molecule has 0 radical (unpaired) electrons. The molecule has 1 aromatic carbocycles. The van der Waals surface area contributed by atoms with Crippen LogP contribution in [0, 0.1) is 0 Å². The van der Waals surface area contributed by atoms with Crippen molar-refractivity contribution in [1.29, 1.82) is 0 Å². The van der Waals surface area contributed by atoms with Crippen molar-refractivity contribution < 1.29 is 14.3 Å². The summed E-state index contributed by atoms with van der Waals surface area (Å²) in [6, 6.07) is 7.78. The third-order valence-corrected chi connectivity index (χ3v) is 5.30. The van der Waals surface area contributed by atoms with Crippen LogP contribution < -0.4 is 5.32 Å². The van der Waals surface area contributed by atoms with E-state index in [-0.39, 0.29) is 24.3 Å². The molecule has 2 N–H and O–H groups in total. The van der Waals surface area contributed by atoms with E-state index in [1.165, 1.54) is 0 Å². The fourth-order valence-electron chi connectivity index (χ4n) is 3.16. The summed E-state index contributed by atoms with van der Waals surface area (Å²) in [5.41, 5.74) is 0.901. The number of aromatic nitrogens is 2. The van der Waals surface area contributed by atoms with Gasteiger partial charge in [0.15, 0.2) is 0 Å². The topological polar surface area (TPSA) is 88.2 Å². The highest BCUT2D eigenvalue weighted by Gasteiger charge is 2.45. The van der Waals surface area contributed by atoms with E-state index >= 15 is 0 Å². The van der Waals surface area contributed by atoms with E-state index in [9.17, 15) is 9.90 Å². The van der Waals surface area contributed by atoms with Gasteiger partial charge >= 0.3 is 0 Å². The van der Waals surface area contributed by atoms with Crippen molar-refractivity contribution >= 4 is 17.5 Å². The normalized spacial score (nSPS) is 16.7. The number of nitrogens with zero attached hydrogens (tertiary/aromatic N) is 2. The molecule has 1 fully saturated rings. The van der Waals surface area contributed by atoms with E-state index in [2.05, 4.69) is 15.5 Å². The van der Waals surface area contributed by atoms with E-state index in [0.29, 0.717) is 29.6 Å². The fourth-order valence-corrected chi connectivity index (χ4v) is 3.28. The Kier molecular flexibility index (Phi) is 5.94. The highest BCUT2D eigenvalue weighted by molar-refractivity contribution is 6.30. The van der Waals surface area contributed by atoms with Crippen molar-refractivity contribution in [2.24, 2.45) is 0 Å². The highest BCUT2D eigenvalue weighted by Crippen LogP contribution is 2.48. The number of hydrogen-bond acceptors (Lipinski definition) is 5. The van der Waals surface area contributed by atoms with Crippen LogP contribution in [0.2, 0.25) is 5.02 Å². The van der Waals surface area contributed by atoms with Crippen molar-refractivity contribution in [3.05, 3.63) is 46.6 Å². The SMILES string of the molecule is CC[C@@H](O)CNC(=O)CCc1nnc(C2(c3ccc(Cl)cc3)CCC2)o1. The molecule has 1 aliphatic carbocycles. The Labute approximate surface area is 158 Å². The number of amides is 1. The molecule has 1 saturated carbocycles. The van der Waals surface area contributed by atoms with Crippen molar-refractivity contribution in [2.75, 3.05) is 6.54 Å². The number of carbonyl (C=O) groups excluding carboxylic acids is 1. The summed E-state index contributed by atoms with van der Waals surface area (Å²) in [5.74, 6) is 0.947. The van der Waals surface area contributed by atoms with Crippen molar-refractivity contribution in [1.82, 2.24) is 15.5 Å². The predicted octanol–water partition coefficient (Wildman–Crippen LogP) is 3.01. The van der Waals surface area contributed by atoms with Gasteiger partial charge in [-0.25, -0.2) is 0 Å². The predicted molar refractivity (Wildman–Crippen MR) is 98.0 cm³/mol. The maximum absolute atomic E-state index is 11.8. The lowest BCUT2D eigenvalue weighted by molar-refractivity contribution is -0.121. The average molecular weight is 378 g/mol. The summed E-state index contributed by atoms with van der Waals surface area (Å²) in [6.45, 7) is 2.14. The summed E-state index contributed by atoms with van der Waals surface area (Å²) in [6.07, 6.45) is 3.79. The first-order valence-electron chi connectivity index (χ1n) is 9.07. The van der Waals surface area contributed by atoms with Gasteiger partial charge in [-0.2, -0.15) is 0 Å². The molecule has 2 aromatic rings. The Morgan fingerprint density at radius 2 is 2.08 bits per heavy atom. The zero-order valence-corrected chi connectivity index (χ0v) is 15.6. The van der Waals surface area contributed by atoms with E-state index in [1.54, 1.807) is 0 Å². The summed E-state index contributed by atoms with van der Waals surface area (Å²) in [7, 11) is 0. The molecule has 1 aromatic heterocycles. The van der Waals surface area contributed by atoms with E-state index < -0.39 is 6.10 Å². The van der Waals surface area contributed by atoms with Crippen LogP contribution in [-0.4, -0.2) is 33.9 Å². The molecule has 6 nitrogen and oxygen atoms in total. The van der Waals surface area contributed by atoms with Gasteiger partial charge in [-0.15, -0.1) is 10.2 Å².